The van der Waals surface area contributed by atoms with E-state index in [1.165, 1.54) is 8.28 Å². The number of aromatic nitrogens is 2. The molecule has 0 fully saturated rings. The van der Waals surface area contributed by atoms with Crippen molar-refractivity contribution in [3.63, 3.8) is 0 Å². The van der Waals surface area contributed by atoms with E-state index in [0.717, 1.165) is 24.0 Å². The molecular formula is C15H30ClN3O2SSi. The number of alkyl halides is 1. The number of hydrogen-bond acceptors (Lipinski definition) is 3. The van der Waals surface area contributed by atoms with Crippen molar-refractivity contribution in [2.75, 3.05) is 20.0 Å². The van der Waals surface area contributed by atoms with Crippen molar-refractivity contribution >= 4 is 35.3 Å². The summed E-state index contributed by atoms with van der Waals surface area (Å²) in [6.45, 7) is 10.8. The van der Waals surface area contributed by atoms with Crippen molar-refractivity contribution in [2.24, 2.45) is 0 Å². The minimum absolute atomic E-state index is 0.00530. The Morgan fingerprint density at radius 1 is 1.26 bits per heavy atom. The summed E-state index contributed by atoms with van der Waals surface area (Å²) in [4.78, 5) is 4.57. The standard InChI is InChI=1S/C15H30ClN3O2SSi/c1-15(2,3)23(6,7)14-17-12-13(10-8-9-11-16)19(14)22(20,21)18(4)5/h12H,8-11H2,1-7H3. The lowest BCUT2D eigenvalue weighted by Gasteiger charge is -2.36. The molecule has 0 spiro atoms. The Kier molecular flexibility index (Phi) is 6.52. The molecule has 0 aliphatic rings. The fraction of sp³-hybridized carbons (Fsp3) is 0.800. The van der Waals surface area contributed by atoms with Crippen molar-refractivity contribution in [1.29, 1.82) is 0 Å². The first kappa shape index (κ1) is 20.7. The predicted molar refractivity (Wildman–Crippen MR) is 101 cm³/mol. The first-order valence-electron chi connectivity index (χ1n) is 7.93. The molecule has 134 valence electrons. The highest BCUT2D eigenvalue weighted by Gasteiger charge is 2.43. The van der Waals surface area contributed by atoms with Gasteiger partial charge in [-0.1, -0.05) is 33.9 Å². The summed E-state index contributed by atoms with van der Waals surface area (Å²) in [6.07, 6.45) is 4.12. The molecule has 5 nitrogen and oxygen atoms in total. The third kappa shape index (κ3) is 4.18. The van der Waals surface area contributed by atoms with E-state index in [1.54, 1.807) is 20.3 Å². The molecule has 0 aliphatic heterocycles. The minimum atomic E-state index is -3.59. The Hall–Kier alpha value is -0.373. The maximum absolute atomic E-state index is 12.9. The van der Waals surface area contributed by atoms with Crippen molar-refractivity contribution in [2.45, 2.75) is 58.2 Å². The van der Waals surface area contributed by atoms with Crippen molar-refractivity contribution < 1.29 is 8.42 Å². The predicted octanol–water partition coefficient (Wildman–Crippen LogP) is 2.81. The van der Waals surface area contributed by atoms with Crippen LogP contribution in [-0.2, 0) is 16.6 Å². The molecule has 0 saturated heterocycles. The van der Waals surface area contributed by atoms with Gasteiger partial charge in [-0.25, -0.2) is 8.96 Å². The summed E-state index contributed by atoms with van der Waals surface area (Å²) in [5.74, 6) is 0.587. The molecule has 0 atom stereocenters. The molecule has 0 aromatic carbocycles. The highest BCUT2D eigenvalue weighted by atomic mass is 35.5. The molecule has 0 N–H and O–H groups in total. The number of hydrogen-bond donors (Lipinski definition) is 0. The van der Waals surface area contributed by atoms with Crippen LogP contribution in [0.5, 0.6) is 0 Å². The quantitative estimate of drug-likeness (QED) is 0.416. The number of nitrogens with zero attached hydrogens (tertiary/aromatic N) is 3. The normalized spacial score (nSPS) is 13.8. The lowest BCUT2D eigenvalue weighted by molar-refractivity contribution is 0.509. The smallest absolute Gasteiger partial charge is 0.246 e. The van der Waals surface area contributed by atoms with Gasteiger partial charge < -0.3 is 0 Å². The summed E-state index contributed by atoms with van der Waals surface area (Å²) in [7, 11) is -2.55. The molecule has 1 aromatic heterocycles. The third-order valence-corrected chi connectivity index (χ3v) is 12.2. The topological polar surface area (TPSA) is 55.2 Å². The van der Waals surface area contributed by atoms with Crippen LogP contribution in [0.25, 0.3) is 0 Å². The zero-order valence-corrected chi connectivity index (χ0v) is 17.9. The van der Waals surface area contributed by atoms with Crippen LogP contribution in [-0.4, -0.2) is 49.7 Å². The van der Waals surface area contributed by atoms with Crippen molar-refractivity contribution in [3.8, 4) is 0 Å². The van der Waals surface area contributed by atoms with E-state index in [0.29, 0.717) is 12.3 Å². The van der Waals surface area contributed by atoms with E-state index in [-0.39, 0.29) is 5.04 Å². The molecule has 0 radical (unpaired) electrons. The van der Waals surface area contributed by atoms with Crippen LogP contribution < -0.4 is 5.45 Å². The lowest BCUT2D eigenvalue weighted by Crippen LogP contribution is -2.56. The number of rotatable bonds is 7. The summed E-state index contributed by atoms with van der Waals surface area (Å²) < 4.78 is 28.5. The molecule has 23 heavy (non-hydrogen) atoms. The summed E-state index contributed by atoms with van der Waals surface area (Å²) >= 11 is 5.74. The highest BCUT2D eigenvalue weighted by Crippen LogP contribution is 2.35. The van der Waals surface area contributed by atoms with Gasteiger partial charge in [0.15, 0.2) is 0 Å². The number of aryl methyl sites for hydroxylation is 1. The molecule has 1 rings (SSSR count). The Labute approximate surface area is 147 Å². The zero-order chi connectivity index (χ0) is 18.1. The minimum Gasteiger partial charge on any atom is -0.246 e. The van der Waals surface area contributed by atoms with Gasteiger partial charge in [0.05, 0.1) is 5.69 Å². The second-order valence-electron chi connectivity index (χ2n) is 7.65. The molecule has 0 saturated carbocycles. The van der Waals surface area contributed by atoms with E-state index >= 15 is 0 Å². The zero-order valence-electron chi connectivity index (χ0n) is 15.4. The second-order valence-corrected chi connectivity index (χ2v) is 15.2. The number of halogens is 1. The largest absolute Gasteiger partial charge is 0.308 e. The van der Waals surface area contributed by atoms with E-state index in [9.17, 15) is 8.42 Å². The molecule has 0 bridgehead atoms. The van der Waals surface area contributed by atoms with Crippen LogP contribution in [0.4, 0.5) is 0 Å². The Bertz CT molecular complexity index is 634. The Balaban J connectivity index is 3.50. The molecule has 1 aromatic rings. The van der Waals surface area contributed by atoms with Crippen molar-refractivity contribution in [3.05, 3.63) is 11.9 Å². The average Bonchev–Trinajstić information content (AvgIpc) is 2.82. The third-order valence-electron chi connectivity index (χ3n) is 4.73. The van der Waals surface area contributed by atoms with E-state index in [2.05, 4.69) is 38.8 Å². The first-order chi connectivity index (χ1) is 10.4. The van der Waals surface area contributed by atoms with Gasteiger partial charge >= 0.3 is 10.2 Å². The fourth-order valence-electron chi connectivity index (χ4n) is 2.11. The van der Waals surface area contributed by atoms with E-state index in [4.69, 9.17) is 11.6 Å². The maximum atomic E-state index is 12.9. The molecule has 0 amide bonds. The number of imidazole rings is 1. The fourth-order valence-corrected chi connectivity index (χ4v) is 6.07. The van der Waals surface area contributed by atoms with Crippen molar-refractivity contribution in [1.82, 2.24) is 13.3 Å². The molecule has 1 heterocycles. The average molecular weight is 380 g/mol. The maximum Gasteiger partial charge on any atom is 0.308 e. The van der Waals surface area contributed by atoms with Crippen LogP contribution in [0.2, 0.25) is 18.1 Å². The summed E-state index contributed by atoms with van der Waals surface area (Å²) in [6, 6.07) is 0. The van der Waals surface area contributed by atoms with Gasteiger partial charge in [-0.3, -0.25) is 0 Å². The van der Waals surface area contributed by atoms with Gasteiger partial charge in [0.2, 0.25) is 0 Å². The molecular weight excluding hydrogens is 350 g/mol. The monoisotopic (exact) mass is 379 g/mol. The van der Waals surface area contributed by atoms with Crippen LogP contribution in [0.3, 0.4) is 0 Å². The van der Waals surface area contributed by atoms with Crippen LogP contribution >= 0.6 is 11.6 Å². The van der Waals surface area contributed by atoms with Gasteiger partial charge in [-0.2, -0.15) is 12.7 Å². The highest BCUT2D eigenvalue weighted by molar-refractivity contribution is 7.87. The summed E-state index contributed by atoms with van der Waals surface area (Å²) in [5.41, 5.74) is 1.48. The van der Waals surface area contributed by atoms with Gasteiger partial charge in [-0.15, -0.1) is 11.6 Å². The van der Waals surface area contributed by atoms with Gasteiger partial charge in [-0.05, 0) is 24.3 Å². The second kappa shape index (κ2) is 7.25. The lowest BCUT2D eigenvalue weighted by atomic mass is 10.2. The van der Waals surface area contributed by atoms with E-state index in [1.807, 2.05) is 0 Å². The van der Waals surface area contributed by atoms with Gasteiger partial charge in [0, 0.05) is 26.2 Å². The Morgan fingerprint density at radius 2 is 1.83 bits per heavy atom. The van der Waals surface area contributed by atoms with Crippen LogP contribution in [0.15, 0.2) is 6.20 Å². The summed E-state index contributed by atoms with van der Waals surface area (Å²) in [5, 5.41) is 0.00530. The van der Waals surface area contributed by atoms with Gasteiger partial charge in [0.1, 0.15) is 13.5 Å². The number of unbranched alkanes of at least 4 members (excludes halogenated alkanes) is 1. The van der Waals surface area contributed by atoms with Gasteiger partial charge in [0.25, 0.3) is 0 Å². The molecule has 0 aliphatic carbocycles. The Morgan fingerprint density at radius 3 is 2.26 bits per heavy atom. The van der Waals surface area contributed by atoms with Crippen LogP contribution in [0.1, 0.15) is 39.3 Å². The molecule has 8 heteroatoms. The molecule has 0 unspecified atom stereocenters. The first-order valence-corrected chi connectivity index (χ1v) is 12.9. The van der Waals surface area contributed by atoms with Crippen LogP contribution in [0, 0.1) is 0 Å². The SMILES string of the molecule is CN(C)S(=O)(=O)n1c(CCCCCl)cnc1[Si](C)(C)C(C)(C)C. The van der Waals surface area contributed by atoms with E-state index < -0.39 is 18.3 Å².